The summed E-state index contributed by atoms with van der Waals surface area (Å²) in [5.74, 6) is -0.424. The Labute approximate surface area is 101 Å². The Balaban J connectivity index is 2.83. The second-order valence-electron chi connectivity index (χ2n) is 3.27. The van der Waals surface area contributed by atoms with Crippen LogP contribution in [0, 0.1) is 11.3 Å². The zero-order valence-electron chi connectivity index (χ0n) is 8.28. The van der Waals surface area contributed by atoms with E-state index in [1.54, 1.807) is 0 Å². The van der Waals surface area contributed by atoms with Crippen molar-refractivity contribution in [3.8, 4) is 6.07 Å². The molecule has 86 valence electrons. The summed E-state index contributed by atoms with van der Waals surface area (Å²) in [6, 6.07) is 1.83. The van der Waals surface area contributed by atoms with Crippen LogP contribution in [0.5, 0.6) is 0 Å². The van der Waals surface area contributed by atoms with Gasteiger partial charge in [-0.1, -0.05) is 15.9 Å². The van der Waals surface area contributed by atoms with Gasteiger partial charge in [-0.2, -0.15) is 5.26 Å². The van der Waals surface area contributed by atoms with Crippen LogP contribution >= 0.6 is 15.9 Å². The number of allylic oxidation sites excluding steroid dienone is 4. The minimum atomic E-state index is -1.05. The van der Waals surface area contributed by atoms with Gasteiger partial charge in [-0.15, -0.1) is 0 Å². The van der Waals surface area contributed by atoms with Crippen molar-refractivity contribution in [3.05, 3.63) is 23.2 Å². The van der Waals surface area contributed by atoms with Crippen molar-refractivity contribution in [3.63, 3.8) is 0 Å². The molecule has 0 bridgehead atoms. The second-order valence-corrected chi connectivity index (χ2v) is 4.37. The summed E-state index contributed by atoms with van der Waals surface area (Å²) in [6.07, 6.45) is 0.779. The molecular weight excluding hydrogens is 279 g/mol. The SMILES string of the molecule is N#CC1=C(NC(O)CC=O)CC(Br)C(F)=C1. The van der Waals surface area contributed by atoms with Crippen molar-refractivity contribution >= 4 is 22.2 Å². The van der Waals surface area contributed by atoms with Crippen LogP contribution in [-0.2, 0) is 4.79 Å². The lowest BCUT2D eigenvalue weighted by atomic mass is 10.0. The summed E-state index contributed by atoms with van der Waals surface area (Å²) in [6.45, 7) is 0. The van der Waals surface area contributed by atoms with E-state index >= 15 is 0 Å². The summed E-state index contributed by atoms with van der Waals surface area (Å²) < 4.78 is 13.2. The van der Waals surface area contributed by atoms with Crippen LogP contribution in [0.3, 0.4) is 0 Å². The van der Waals surface area contributed by atoms with Crippen molar-refractivity contribution < 1.29 is 14.3 Å². The van der Waals surface area contributed by atoms with Gasteiger partial charge in [0.05, 0.1) is 10.4 Å². The first kappa shape index (κ1) is 12.9. The van der Waals surface area contributed by atoms with E-state index in [-0.39, 0.29) is 18.4 Å². The number of aliphatic hydroxyl groups excluding tert-OH is 1. The second kappa shape index (κ2) is 5.77. The highest BCUT2D eigenvalue weighted by atomic mass is 79.9. The summed E-state index contributed by atoms with van der Waals surface area (Å²) in [7, 11) is 0. The minimum Gasteiger partial charge on any atom is -0.373 e. The zero-order valence-corrected chi connectivity index (χ0v) is 9.87. The highest BCUT2D eigenvalue weighted by molar-refractivity contribution is 9.09. The third-order valence-corrected chi connectivity index (χ3v) is 2.83. The van der Waals surface area contributed by atoms with Gasteiger partial charge >= 0.3 is 0 Å². The maximum absolute atomic E-state index is 13.2. The first-order valence-corrected chi connectivity index (χ1v) is 5.52. The van der Waals surface area contributed by atoms with Gasteiger partial charge in [0, 0.05) is 18.5 Å². The Morgan fingerprint density at radius 1 is 1.88 bits per heavy atom. The number of hydrogen-bond donors (Lipinski definition) is 2. The molecule has 1 aliphatic carbocycles. The number of hydrogen-bond acceptors (Lipinski definition) is 4. The van der Waals surface area contributed by atoms with Crippen molar-refractivity contribution in [2.45, 2.75) is 23.9 Å². The molecule has 0 saturated heterocycles. The van der Waals surface area contributed by atoms with Gasteiger partial charge in [0.1, 0.15) is 24.4 Å². The Kier molecular flexibility index (Phi) is 4.65. The number of alkyl halides is 1. The molecule has 4 nitrogen and oxygen atoms in total. The number of carbonyl (C=O) groups is 1. The van der Waals surface area contributed by atoms with E-state index in [0.29, 0.717) is 12.0 Å². The quantitative estimate of drug-likeness (QED) is 0.464. The molecule has 1 aliphatic rings. The summed E-state index contributed by atoms with van der Waals surface area (Å²) in [5, 5.41) is 20.7. The van der Waals surface area contributed by atoms with Crippen molar-refractivity contribution in [2.75, 3.05) is 0 Å². The highest BCUT2D eigenvalue weighted by Crippen LogP contribution is 2.28. The molecule has 0 radical (unpaired) electrons. The first-order chi connectivity index (χ1) is 7.58. The standard InChI is InChI=1S/C10H10BrFN2O2/c11-7-4-9(14-10(16)1-2-15)6(5-13)3-8(7)12/h2-3,7,10,14,16H,1,4H2. The van der Waals surface area contributed by atoms with E-state index in [4.69, 9.17) is 5.26 Å². The number of halogens is 2. The van der Waals surface area contributed by atoms with Gasteiger partial charge in [-0.25, -0.2) is 4.39 Å². The van der Waals surface area contributed by atoms with E-state index < -0.39 is 16.9 Å². The molecule has 16 heavy (non-hydrogen) atoms. The maximum atomic E-state index is 13.2. The number of nitrogens with zero attached hydrogens (tertiary/aromatic N) is 1. The summed E-state index contributed by atoms with van der Waals surface area (Å²) >= 11 is 3.10. The first-order valence-electron chi connectivity index (χ1n) is 4.61. The molecule has 2 atom stereocenters. The summed E-state index contributed by atoms with van der Waals surface area (Å²) in [4.78, 5) is 9.66. The van der Waals surface area contributed by atoms with Gasteiger partial charge < -0.3 is 15.2 Å². The lowest BCUT2D eigenvalue weighted by Gasteiger charge is -2.21. The van der Waals surface area contributed by atoms with Gasteiger partial charge in [0.2, 0.25) is 0 Å². The van der Waals surface area contributed by atoms with E-state index in [2.05, 4.69) is 21.2 Å². The van der Waals surface area contributed by atoms with Gasteiger partial charge in [-0.3, -0.25) is 0 Å². The van der Waals surface area contributed by atoms with Gasteiger partial charge in [0.15, 0.2) is 0 Å². The average Bonchev–Trinajstić information content (AvgIpc) is 2.23. The molecule has 2 unspecified atom stereocenters. The fourth-order valence-corrected chi connectivity index (χ4v) is 1.75. The molecule has 0 fully saturated rings. The Hall–Kier alpha value is -1.19. The predicted molar refractivity (Wildman–Crippen MR) is 59.0 cm³/mol. The topological polar surface area (TPSA) is 73.1 Å². The molecule has 1 rings (SSSR count). The molecule has 0 amide bonds. The Bertz CT molecular complexity index is 387. The molecular formula is C10H10BrFN2O2. The smallest absolute Gasteiger partial charge is 0.130 e. The van der Waals surface area contributed by atoms with Gasteiger partial charge in [-0.05, 0) is 6.08 Å². The lowest BCUT2D eigenvalue weighted by Crippen LogP contribution is -2.31. The van der Waals surface area contributed by atoms with Gasteiger partial charge in [0.25, 0.3) is 0 Å². The molecule has 2 N–H and O–H groups in total. The molecule has 0 heterocycles. The van der Waals surface area contributed by atoms with Crippen molar-refractivity contribution in [1.29, 1.82) is 5.26 Å². The monoisotopic (exact) mass is 288 g/mol. The summed E-state index contributed by atoms with van der Waals surface area (Å²) in [5.41, 5.74) is 0.568. The Morgan fingerprint density at radius 2 is 2.56 bits per heavy atom. The van der Waals surface area contributed by atoms with Crippen molar-refractivity contribution in [2.24, 2.45) is 0 Å². The largest absolute Gasteiger partial charge is 0.373 e. The number of rotatable bonds is 4. The molecule has 0 aromatic rings. The molecule has 0 aromatic heterocycles. The minimum absolute atomic E-state index is 0.0820. The zero-order chi connectivity index (χ0) is 12.1. The van der Waals surface area contributed by atoms with Crippen LogP contribution < -0.4 is 5.32 Å². The van der Waals surface area contributed by atoms with Crippen LogP contribution in [0.1, 0.15) is 12.8 Å². The molecule has 0 aromatic carbocycles. The fourth-order valence-electron chi connectivity index (χ4n) is 1.29. The molecule has 0 spiro atoms. The number of aldehydes is 1. The lowest BCUT2D eigenvalue weighted by molar-refractivity contribution is -0.109. The van der Waals surface area contributed by atoms with E-state index in [9.17, 15) is 14.3 Å². The predicted octanol–water partition coefficient (Wildman–Crippen LogP) is 1.28. The molecule has 0 aliphatic heterocycles. The van der Waals surface area contributed by atoms with Crippen LogP contribution in [-0.4, -0.2) is 22.4 Å². The maximum Gasteiger partial charge on any atom is 0.130 e. The van der Waals surface area contributed by atoms with Crippen LogP contribution in [0.25, 0.3) is 0 Å². The third kappa shape index (κ3) is 3.15. The number of nitrogens with one attached hydrogen (secondary N) is 1. The Morgan fingerprint density at radius 3 is 3.12 bits per heavy atom. The average molecular weight is 289 g/mol. The number of nitriles is 1. The molecule has 0 saturated carbocycles. The normalized spacial score (nSPS) is 22.1. The molecule has 6 heteroatoms. The number of carbonyl (C=O) groups excluding carboxylic acids is 1. The van der Waals surface area contributed by atoms with E-state index in [1.165, 1.54) is 0 Å². The van der Waals surface area contributed by atoms with Crippen molar-refractivity contribution in [1.82, 2.24) is 5.32 Å². The van der Waals surface area contributed by atoms with Crippen LogP contribution in [0.2, 0.25) is 0 Å². The van der Waals surface area contributed by atoms with E-state index in [1.807, 2.05) is 6.07 Å². The third-order valence-electron chi connectivity index (χ3n) is 2.07. The highest BCUT2D eigenvalue weighted by Gasteiger charge is 2.22. The van der Waals surface area contributed by atoms with E-state index in [0.717, 1.165) is 6.08 Å². The van der Waals surface area contributed by atoms with Crippen LogP contribution in [0.15, 0.2) is 23.2 Å². The fraction of sp³-hybridized carbons (Fsp3) is 0.400. The number of aliphatic hydroxyl groups is 1. The van der Waals surface area contributed by atoms with Crippen LogP contribution in [0.4, 0.5) is 4.39 Å².